The minimum absolute atomic E-state index is 0.244. The van der Waals surface area contributed by atoms with Crippen LogP contribution in [0.2, 0.25) is 0 Å². The van der Waals surface area contributed by atoms with E-state index in [4.69, 9.17) is 11.5 Å². The van der Waals surface area contributed by atoms with Gasteiger partial charge in [0.1, 0.15) is 0 Å². The Morgan fingerprint density at radius 3 is 2.41 bits per heavy atom. The summed E-state index contributed by atoms with van der Waals surface area (Å²) in [5.41, 5.74) is -2.86. The number of nitrogens with zero attached hydrogens (tertiary/aromatic N) is 1. The summed E-state index contributed by atoms with van der Waals surface area (Å²) >= 11 is 0. The van der Waals surface area contributed by atoms with Crippen molar-refractivity contribution in [3.8, 4) is 12.3 Å². The zero-order valence-electron chi connectivity index (χ0n) is 8.75. The van der Waals surface area contributed by atoms with Gasteiger partial charge in [-0.1, -0.05) is 5.92 Å². The number of alkyl halides is 3. The second-order valence-corrected chi connectivity index (χ2v) is 3.83. The second-order valence-electron chi connectivity index (χ2n) is 3.83. The molecule has 1 heterocycles. The Morgan fingerprint density at radius 1 is 1.47 bits per heavy atom. The quantitative estimate of drug-likeness (QED) is 0.739. The summed E-state index contributed by atoms with van der Waals surface area (Å²) in [6, 6.07) is 0. The van der Waals surface area contributed by atoms with Crippen molar-refractivity contribution in [2.45, 2.75) is 19.0 Å². The second kappa shape index (κ2) is 4.28. The van der Waals surface area contributed by atoms with Crippen LogP contribution in [-0.4, -0.2) is 41.1 Å². The van der Waals surface area contributed by atoms with Gasteiger partial charge in [-0.2, -0.15) is 13.2 Å². The van der Waals surface area contributed by atoms with E-state index >= 15 is 0 Å². The van der Waals surface area contributed by atoms with Crippen molar-refractivity contribution in [3.63, 3.8) is 0 Å². The van der Waals surface area contributed by atoms with Gasteiger partial charge in [0.2, 0.25) is 5.91 Å². The number of carboxylic acid groups (broad SMARTS) is 1. The minimum Gasteiger partial charge on any atom is -0.481 e. The fourth-order valence-corrected chi connectivity index (χ4v) is 1.75. The fraction of sp³-hybridized carbons (Fsp3) is 0.600. The zero-order chi connectivity index (χ0) is 13.3. The number of carbonyl (C=O) groups excluding carboxylic acids is 1. The van der Waals surface area contributed by atoms with E-state index in [-0.39, 0.29) is 13.0 Å². The summed E-state index contributed by atoms with van der Waals surface area (Å²) in [5.74, 6) is -0.590. The van der Waals surface area contributed by atoms with Crippen molar-refractivity contribution in [2.75, 3.05) is 13.1 Å². The number of likely N-dealkylation sites (tertiary alicyclic amines) is 1. The van der Waals surface area contributed by atoms with Crippen molar-refractivity contribution in [1.82, 2.24) is 4.90 Å². The van der Waals surface area contributed by atoms with Gasteiger partial charge in [-0.05, 0) is 6.42 Å². The molecule has 0 aromatic carbocycles. The molecule has 1 aliphatic heterocycles. The molecule has 1 unspecified atom stereocenters. The van der Waals surface area contributed by atoms with Crippen molar-refractivity contribution < 1.29 is 27.9 Å². The monoisotopic (exact) mass is 249 g/mol. The number of amides is 1. The summed E-state index contributed by atoms with van der Waals surface area (Å²) in [6.45, 7) is -1.11. The number of terminal acetylenes is 1. The molecule has 0 aromatic rings. The van der Waals surface area contributed by atoms with Crippen molar-refractivity contribution in [1.29, 1.82) is 0 Å². The van der Waals surface area contributed by atoms with E-state index in [1.165, 1.54) is 0 Å². The Hall–Kier alpha value is -1.71. The maximum absolute atomic E-state index is 12.7. The predicted octanol–water partition coefficient (Wildman–Crippen LogP) is 0.875. The molecule has 1 saturated heterocycles. The van der Waals surface area contributed by atoms with E-state index in [0.29, 0.717) is 0 Å². The summed E-state index contributed by atoms with van der Waals surface area (Å²) in [4.78, 5) is 23.0. The van der Waals surface area contributed by atoms with E-state index in [2.05, 4.69) is 0 Å². The first-order valence-corrected chi connectivity index (χ1v) is 4.76. The highest BCUT2D eigenvalue weighted by Crippen LogP contribution is 2.45. The van der Waals surface area contributed by atoms with Crippen molar-refractivity contribution in [3.05, 3.63) is 0 Å². The van der Waals surface area contributed by atoms with Crippen LogP contribution in [0, 0.1) is 17.8 Å². The van der Waals surface area contributed by atoms with Crippen LogP contribution in [-0.2, 0) is 9.59 Å². The van der Waals surface area contributed by atoms with Gasteiger partial charge in [-0.3, -0.25) is 9.59 Å². The normalized spacial score (nSPS) is 24.5. The van der Waals surface area contributed by atoms with E-state index in [1.54, 1.807) is 0 Å². The number of hydrogen-bond acceptors (Lipinski definition) is 2. The first-order chi connectivity index (χ1) is 7.74. The average molecular weight is 249 g/mol. The SMILES string of the molecule is C#CCC(=O)N1CCC(C(=O)O)(C(F)(F)F)C1. The molecule has 1 atom stereocenters. The van der Waals surface area contributed by atoms with Crippen LogP contribution in [0.5, 0.6) is 0 Å². The molecule has 1 fully saturated rings. The lowest BCUT2D eigenvalue weighted by atomic mass is 9.86. The standard InChI is InChI=1S/C10H10F3NO3/c1-2-3-7(15)14-5-4-9(6-14,8(16)17)10(11,12)13/h1H,3-6H2,(H,16,17). The summed E-state index contributed by atoms with van der Waals surface area (Å²) < 4.78 is 38.2. The van der Waals surface area contributed by atoms with Crippen molar-refractivity contribution in [2.24, 2.45) is 5.41 Å². The number of carboxylic acids is 1. The molecular formula is C10H10F3NO3. The molecule has 1 N–H and O–H groups in total. The van der Waals surface area contributed by atoms with Crippen LogP contribution in [0.15, 0.2) is 0 Å². The summed E-state index contributed by atoms with van der Waals surface area (Å²) in [5, 5.41) is 8.73. The van der Waals surface area contributed by atoms with Gasteiger partial charge in [-0.25, -0.2) is 0 Å². The Morgan fingerprint density at radius 2 is 2.06 bits per heavy atom. The molecule has 94 valence electrons. The molecule has 0 aliphatic carbocycles. The average Bonchev–Trinajstić information content (AvgIpc) is 2.62. The lowest BCUT2D eigenvalue weighted by molar-refractivity contribution is -0.227. The fourth-order valence-electron chi connectivity index (χ4n) is 1.75. The molecular weight excluding hydrogens is 239 g/mol. The Kier molecular flexibility index (Phi) is 3.36. The molecule has 1 amide bonds. The molecule has 0 radical (unpaired) electrons. The number of hydrogen-bond donors (Lipinski definition) is 1. The Labute approximate surface area is 95.4 Å². The van der Waals surface area contributed by atoms with Gasteiger partial charge in [0, 0.05) is 13.1 Å². The van der Waals surface area contributed by atoms with Crippen molar-refractivity contribution >= 4 is 11.9 Å². The number of aliphatic carboxylic acids is 1. The molecule has 1 aliphatic rings. The Balaban J connectivity index is 2.92. The van der Waals surface area contributed by atoms with Crippen LogP contribution >= 0.6 is 0 Å². The maximum atomic E-state index is 12.7. The van der Waals surface area contributed by atoms with E-state index in [9.17, 15) is 22.8 Å². The van der Waals surface area contributed by atoms with Gasteiger partial charge in [-0.15, -0.1) is 6.42 Å². The third-order valence-corrected chi connectivity index (χ3v) is 2.83. The summed E-state index contributed by atoms with van der Waals surface area (Å²) in [6.07, 6.45) is -0.973. The highest BCUT2D eigenvalue weighted by atomic mass is 19.4. The lowest BCUT2D eigenvalue weighted by Crippen LogP contribution is -2.47. The van der Waals surface area contributed by atoms with E-state index in [1.807, 2.05) is 5.92 Å². The molecule has 17 heavy (non-hydrogen) atoms. The zero-order valence-corrected chi connectivity index (χ0v) is 8.75. The van der Waals surface area contributed by atoms with E-state index in [0.717, 1.165) is 4.90 Å². The van der Waals surface area contributed by atoms with Crippen LogP contribution in [0.1, 0.15) is 12.8 Å². The number of halogens is 3. The van der Waals surface area contributed by atoms with Crippen LogP contribution in [0.25, 0.3) is 0 Å². The first kappa shape index (κ1) is 13.4. The molecule has 0 aromatic heterocycles. The van der Waals surface area contributed by atoms with E-state index < -0.39 is 36.4 Å². The third kappa shape index (κ3) is 2.20. The third-order valence-electron chi connectivity index (χ3n) is 2.83. The topological polar surface area (TPSA) is 57.6 Å². The summed E-state index contributed by atoms with van der Waals surface area (Å²) in [7, 11) is 0. The van der Waals surface area contributed by atoms with Gasteiger partial charge >= 0.3 is 12.1 Å². The maximum Gasteiger partial charge on any atom is 0.406 e. The molecule has 1 rings (SSSR count). The van der Waals surface area contributed by atoms with Gasteiger partial charge in [0.05, 0.1) is 6.42 Å². The highest BCUT2D eigenvalue weighted by molar-refractivity contribution is 5.82. The molecule has 0 spiro atoms. The number of carbonyl (C=O) groups is 2. The molecule has 7 heteroatoms. The van der Waals surface area contributed by atoms with Gasteiger partial charge in [0.25, 0.3) is 0 Å². The van der Waals surface area contributed by atoms with Crippen LogP contribution in [0.3, 0.4) is 0 Å². The Bertz CT molecular complexity index is 385. The highest BCUT2D eigenvalue weighted by Gasteiger charge is 2.64. The van der Waals surface area contributed by atoms with Crippen LogP contribution < -0.4 is 0 Å². The molecule has 4 nitrogen and oxygen atoms in total. The van der Waals surface area contributed by atoms with Crippen LogP contribution in [0.4, 0.5) is 13.2 Å². The largest absolute Gasteiger partial charge is 0.481 e. The minimum atomic E-state index is -4.88. The lowest BCUT2D eigenvalue weighted by Gasteiger charge is -2.27. The predicted molar refractivity (Wildman–Crippen MR) is 50.8 cm³/mol. The molecule has 0 bridgehead atoms. The first-order valence-electron chi connectivity index (χ1n) is 4.76. The van der Waals surface area contributed by atoms with Gasteiger partial charge < -0.3 is 10.0 Å². The molecule has 0 saturated carbocycles. The smallest absolute Gasteiger partial charge is 0.406 e. The van der Waals surface area contributed by atoms with Gasteiger partial charge in [0.15, 0.2) is 5.41 Å². The number of rotatable bonds is 2.